The largest absolute Gasteiger partial charge is 0.494 e. The number of carbonyl (C=O) groups is 1. The molecule has 0 radical (unpaired) electrons. The van der Waals surface area contributed by atoms with Crippen LogP contribution in [0.2, 0.25) is 0 Å². The predicted molar refractivity (Wildman–Crippen MR) is 234 cm³/mol. The second-order valence-corrected chi connectivity index (χ2v) is 17.6. The minimum absolute atomic E-state index is 0.200. The quantitative estimate of drug-likeness (QED) is 0.0586. The lowest BCUT2D eigenvalue weighted by molar-refractivity contribution is -0.0459. The first-order chi connectivity index (χ1) is 28.5. The van der Waals surface area contributed by atoms with E-state index < -0.39 is 6.29 Å². The van der Waals surface area contributed by atoms with Crippen molar-refractivity contribution in [1.29, 1.82) is 0 Å². The molecule has 0 bridgehead atoms. The average molecular weight is 833 g/mol. The Labute approximate surface area is 348 Å². The first-order valence-corrected chi connectivity index (χ1v) is 22.3. The Morgan fingerprint density at radius 1 is 0.931 bits per heavy atom. The van der Waals surface area contributed by atoms with Gasteiger partial charge in [0.2, 0.25) is 0 Å². The second kappa shape index (κ2) is 17.4. The molecule has 1 amide bonds. The molecule has 9 rings (SSSR count). The first kappa shape index (κ1) is 38.5. The zero-order valence-corrected chi connectivity index (χ0v) is 34.3. The minimum Gasteiger partial charge on any atom is -0.494 e. The second-order valence-electron chi connectivity index (χ2n) is 14.6. The van der Waals surface area contributed by atoms with Gasteiger partial charge in [-0.1, -0.05) is 47.7 Å². The van der Waals surface area contributed by atoms with Crippen LogP contribution in [0.1, 0.15) is 64.0 Å². The fourth-order valence-electron chi connectivity index (χ4n) is 7.76. The summed E-state index contributed by atoms with van der Waals surface area (Å²) in [6, 6.07) is 21.7. The molecule has 0 spiro atoms. The van der Waals surface area contributed by atoms with E-state index in [1.165, 1.54) is 48.6 Å². The Morgan fingerprint density at radius 2 is 1.79 bits per heavy atom. The molecule has 58 heavy (non-hydrogen) atoms. The van der Waals surface area contributed by atoms with Crippen molar-refractivity contribution in [2.75, 3.05) is 54.9 Å². The van der Waals surface area contributed by atoms with Crippen molar-refractivity contribution in [3.05, 3.63) is 106 Å². The summed E-state index contributed by atoms with van der Waals surface area (Å²) in [7, 11) is 0. The van der Waals surface area contributed by atoms with Crippen LogP contribution in [0.3, 0.4) is 0 Å². The van der Waals surface area contributed by atoms with Gasteiger partial charge in [0.1, 0.15) is 23.6 Å². The number of nitrogens with one attached hydrogen (secondary N) is 2. The molecule has 1 fully saturated rings. The van der Waals surface area contributed by atoms with Gasteiger partial charge >= 0.3 is 0 Å². The molecule has 0 aliphatic carbocycles. The number of likely N-dealkylation sites (tertiary alicyclic amines) is 1. The van der Waals surface area contributed by atoms with E-state index in [0.29, 0.717) is 48.4 Å². The number of aliphatic hydroxyl groups excluding tert-OH is 1. The maximum atomic E-state index is 13.5. The van der Waals surface area contributed by atoms with Crippen molar-refractivity contribution < 1.29 is 19.7 Å². The van der Waals surface area contributed by atoms with Crippen LogP contribution in [-0.2, 0) is 19.4 Å². The standard InChI is InChI=1S/C43H44N8O4S3/c52-40(49-42-47-33-10-1-2-11-34(33)57-42)30-9-5-8-27-17-22-51(24-31(27)30)43-48-37(41(53)54)35(58-43)12-6-23-55-29-15-13-28(14-16-29)32-25-56-38-36(32)45-26-46-39(38)44-18-7-21-50-19-3-4-20-50/h1-2,5,8-11,13-16,25-26,41,53-54H,3-4,6-7,12,17-24H2,(H,44,45,46)(H,47,49,52). The van der Waals surface area contributed by atoms with Crippen molar-refractivity contribution in [3.63, 3.8) is 0 Å². The van der Waals surface area contributed by atoms with E-state index in [2.05, 4.69) is 63.9 Å². The number of thiazole rings is 2. The summed E-state index contributed by atoms with van der Waals surface area (Å²) in [6.45, 7) is 6.09. The third-order valence-corrected chi connectivity index (χ3v) is 13.9. The number of nitrogens with zero attached hydrogens (tertiary/aromatic N) is 6. The molecule has 12 nitrogen and oxygen atoms in total. The summed E-state index contributed by atoms with van der Waals surface area (Å²) in [5.41, 5.74) is 6.87. The Bertz CT molecular complexity index is 2500. The summed E-state index contributed by atoms with van der Waals surface area (Å²) < 4.78 is 8.21. The summed E-state index contributed by atoms with van der Waals surface area (Å²) in [5, 5.41) is 30.5. The van der Waals surface area contributed by atoms with Crippen molar-refractivity contribution in [1.82, 2.24) is 24.8 Å². The van der Waals surface area contributed by atoms with E-state index in [0.717, 1.165) is 85.1 Å². The number of rotatable bonds is 15. The van der Waals surface area contributed by atoms with Crippen LogP contribution in [0.25, 0.3) is 31.6 Å². The van der Waals surface area contributed by atoms with E-state index in [9.17, 15) is 15.0 Å². The van der Waals surface area contributed by atoms with Crippen LogP contribution >= 0.6 is 34.0 Å². The van der Waals surface area contributed by atoms with Gasteiger partial charge in [0.15, 0.2) is 16.6 Å². The van der Waals surface area contributed by atoms with E-state index >= 15 is 0 Å². The number of aromatic nitrogens is 4. The molecule has 15 heteroatoms. The van der Waals surface area contributed by atoms with E-state index in [1.54, 1.807) is 17.7 Å². The molecule has 3 aromatic carbocycles. The topological polar surface area (TPSA) is 149 Å². The highest BCUT2D eigenvalue weighted by atomic mass is 32.1. The number of para-hydroxylation sites is 1. The predicted octanol–water partition coefficient (Wildman–Crippen LogP) is 8.13. The van der Waals surface area contributed by atoms with Crippen molar-refractivity contribution >= 4 is 76.4 Å². The monoisotopic (exact) mass is 832 g/mol. The molecule has 1 saturated heterocycles. The van der Waals surface area contributed by atoms with Crippen molar-refractivity contribution in [2.24, 2.45) is 0 Å². The molecule has 0 saturated carbocycles. The SMILES string of the molecule is O=C(Nc1nc2ccccc2s1)c1cccc2c1CN(c1nc(C(O)O)c(CCCOc3ccc(-c4csc5c(NCCCN6CCCC6)ncnc45)cc3)s1)CC2. The van der Waals surface area contributed by atoms with Gasteiger partial charge in [-0.3, -0.25) is 10.1 Å². The number of benzene rings is 3. The number of hydrogen-bond acceptors (Lipinski definition) is 14. The number of aryl methyl sites for hydroxylation is 1. The van der Waals surface area contributed by atoms with Crippen LogP contribution in [0.5, 0.6) is 5.75 Å². The van der Waals surface area contributed by atoms with Gasteiger partial charge in [0, 0.05) is 41.0 Å². The minimum atomic E-state index is -1.69. The molecule has 298 valence electrons. The van der Waals surface area contributed by atoms with Crippen molar-refractivity contribution in [2.45, 2.75) is 51.4 Å². The van der Waals surface area contributed by atoms with Gasteiger partial charge in [-0.2, -0.15) is 0 Å². The lowest BCUT2D eigenvalue weighted by atomic mass is 9.94. The fraction of sp³-hybridized carbons (Fsp3) is 0.326. The number of anilines is 3. The number of amides is 1. The van der Waals surface area contributed by atoms with Gasteiger partial charge in [0.25, 0.3) is 5.91 Å². The van der Waals surface area contributed by atoms with Gasteiger partial charge in [-0.15, -0.1) is 22.7 Å². The number of ether oxygens (including phenoxy) is 1. The molecule has 4 N–H and O–H groups in total. The number of hydrogen-bond donors (Lipinski definition) is 4. The summed E-state index contributed by atoms with van der Waals surface area (Å²) in [5.74, 6) is 1.46. The lowest BCUT2D eigenvalue weighted by Gasteiger charge is -2.29. The average Bonchev–Trinajstić information content (AvgIpc) is 4.08. The van der Waals surface area contributed by atoms with Crippen LogP contribution in [0, 0.1) is 0 Å². The number of thiophene rings is 1. The molecule has 0 atom stereocenters. The number of aliphatic hydroxyl groups is 2. The van der Waals surface area contributed by atoms with Gasteiger partial charge in [-0.05, 0) is 105 Å². The summed E-state index contributed by atoms with van der Waals surface area (Å²) >= 11 is 4.57. The highest BCUT2D eigenvalue weighted by Crippen LogP contribution is 2.37. The fourth-order valence-corrected chi connectivity index (χ4v) is 10.8. The van der Waals surface area contributed by atoms with Crippen LogP contribution in [0.4, 0.5) is 16.1 Å². The summed E-state index contributed by atoms with van der Waals surface area (Å²) in [6.07, 6.45) is 5.66. The highest BCUT2D eigenvalue weighted by Gasteiger charge is 2.27. The highest BCUT2D eigenvalue weighted by molar-refractivity contribution is 7.22. The van der Waals surface area contributed by atoms with Gasteiger partial charge in [-0.25, -0.2) is 19.9 Å². The van der Waals surface area contributed by atoms with Crippen LogP contribution in [-0.4, -0.2) is 80.3 Å². The van der Waals surface area contributed by atoms with E-state index in [-0.39, 0.29) is 11.6 Å². The Kier molecular flexibility index (Phi) is 11.6. The third-order valence-electron chi connectivity index (χ3n) is 10.7. The van der Waals surface area contributed by atoms with Gasteiger partial charge in [0.05, 0.1) is 27.0 Å². The van der Waals surface area contributed by atoms with Gasteiger partial charge < -0.3 is 30.1 Å². The van der Waals surface area contributed by atoms with Crippen LogP contribution < -0.4 is 20.3 Å². The zero-order valence-electron chi connectivity index (χ0n) is 31.9. The summed E-state index contributed by atoms with van der Waals surface area (Å²) in [4.78, 5) is 37.4. The lowest BCUT2D eigenvalue weighted by Crippen LogP contribution is -2.32. The molecule has 7 aromatic rings. The third kappa shape index (κ3) is 8.42. The molecule has 2 aliphatic rings. The Balaban J connectivity index is 0.801. The Morgan fingerprint density at radius 3 is 2.64 bits per heavy atom. The maximum absolute atomic E-state index is 13.5. The molecule has 4 aromatic heterocycles. The van der Waals surface area contributed by atoms with E-state index in [1.807, 2.05) is 48.5 Å². The normalized spacial score (nSPS) is 14.4. The van der Waals surface area contributed by atoms with Crippen LogP contribution in [0.15, 0.2) is 78.4 Å². The van der Waals surface area contributed by atoms with E-state index in [4.69, 9.17) is 4.74 Å². The van der Waals surface area contributed by atoms with Crippen molar-refractivity contribution in [3.8, 4) is 16.9 Å². The molecule has 2 aliphatic heterocycles. The molecule has 6 heterocycles. The zero-order chi connectivity index (χ0) is 39.4. The Hall–Kier alpha value is -5.03. The first-order valence-electron chi connectivity index (χ1n) is 19.8. The molecular weight excluding hydrogens is 789 g/mol. The number of fused-ring (bicyclic) bond motifs is 3. The molecule has 0 unspecified atom stereocenters. The maximum Gasteiger partial charge on any atom is 0.257 e. The number of carbonyl (C=O) groups excluding carboxylic acids is 1. The molecular formula is C43H44N8O4S3. The smallest absolute Gasteiger partial charge is 0.257 e.